The van der Waals surface area contributed by atoms with Crippen molar-refractivity contribution in [2.24, 2.45) is 10.7 Å². The van der Waals surface area contributed by atoms with Crippen LogP contribution in [0.15, 0.2) is 35.5 Å². The van der Waals surface area contributed by atoms with Crippen LogP contribution in [0.1, 0.15) is 18.9 Å². The maximum Gasteiger partial charge on any atom is 0.154 e. The Labute approximate surface area is 104 Å². The summed E-state index contributed by atoms with van der Waals surface area (Å²) < 4.78 is 0. The average Bonchev–Trinajstić information content (AvgIpc) is 2.75. The second-order valence-electron chi connectivity index (χ2n) is 4.60. The monoisotopic (exact) mass is 245 g/mol. The fourth-order valence-electron chi connectivity index (χ4n) is 2.28. The van der Waals surface area contributed by atoms with Crippen molar-refractivity contribution in [1.82, 2.24) is 4.98 Å². The quantitative estimate of drug-likeness (QED) is 0.811. The van der Waals surface area contributed by atoms with Gasteiger partial charge >= 0.3 is 0 Å². The van der Waals surface area contributed by atoms with Gasteiger partial charge in [0.1, 0.15) is 0 Å². The van der Waals surface area contributed by atoms with Crippen LogP contribution >= 0.6 is 11.8 Å². The summed E-state index contributed by atoms with van der Waals surface area (Å²) in [6.45, 7) is 2.16. The molecular formula is C13H15N3S. The molecule has 1 unspecified atom stereocenters. The Morgan fingerprint density at radius 1 is 1.41 bits per heavy atom. The van der Waals surface area contributed by atoms with Gasteiger partial charge in [-0.25, -0.2) is 0 Å². The summed E-state index contributed by atoms with van der Waals surface area (Å²) in [5.74, 6) is 1.04. The molecule has 17 heavy (non-hydrogen) atoms. The van der Waals surface area contributed by atoms with Crippen molar-refractivity contribution in [3.8, 4) is 0 Å². The van der Waals surface area contributed by atoms with Gasteiger partial charge in [-0.15, -0.1) is 0 Å². The number of rotatable bonds is 1. The second kappa shape index (κ2) is 3.81. The summed E-state index contributed by atoms with van der Waals surface area (Å²) in [4.78, 5) is 7.86. The number of nitrogens with zero attached hydrogens (tertiary/aromatic N) is 1. The number of amidine groups is 1. The molecule has 1 aromatic carbocycles. The van der Waals surface area contributed by atoms with Crippen LogP contribution in [0.3, 0.4) is 0 Å². The van der Waals surface area contributed by atoms with E-state index in [2.05, 4.69) is 41.2 Å². The lowest BCUT2D eigenvalue weighted by atomic mass is 9.89. The molecule has 0 amide bonds. The van der Waals surface area contributed by atoms with Crippen molar-refractivity contribution >= 4 is 27.8 Å². The molecule has 3 rings (SSSR count). The van der Waals surface area contributed by atoms with E-state index in [1.807, 2.05) is 6.20 Å². The van der Waals surface area contributed by atoms with E-state index < -0.39 is 0 Å². The highest BCUT2D eigenvalue weighted by Crippen LogP contribution is 2.35. The number of aromatic nitrogens is 1. The highest BCUT2D eigenvalue weighted by atomic mass is 32.2. The number of aliphatic imine (C=N–C) groups is 1. The van der Waals surface area contributed by atoms with Gasteiger partial charge in [0, 0.05) is 17.5 Å². The molecule has 0 aliphatic carbocycles. The van der Waals surface area contributed by atoms with Crippen molar-refractivity contribution in [2.45, 2.75) is 18.9 Å². The molecule has 0 bridgehead atoms. The van der Waals surface area contributed by atoms with Gasteiger partial charge < -0.3 is 10.7 Å². The van der Waals surface area contributed by atoms with E-state index in [1.54, 1.807) is 11.8 Å². The number of H-pyrrole nitrogens is 1. The van der Waals surface area contributed by atoms with E-state index in [9.17, 15) is 0 Å². The maximum atomic E-state index is 5.85. The summed E-state index contributed by atoms with van der Waals surface area (Å²) >= 11 is 1.64. The van der Waals surface area contributed by atoms with E-state index in [4.69, 9.17) is 5.73 Å². The molecule has 1 atom stereocenters. The number of nitrogens with two attached hydrogens (primary N) is 1. The minimum Gasteiger partial charge on any atom is -0.379 e. The Morgan fingerprint density at radius 3 is 3.12 bits per heavy atom. The van der Waals surface area contributed by atoms with Gasteiger partial charge in [-0.05, 0) is 36.4 Å². The van der Waals surface area contributed by atoms with Crippen LogP contribution in [0.4, 0.5) is 0 Å². The lowest BCUT2D eigenvalue weighted by molar-refractivity contribution is 0.482. The minimum atomic E-state index is -0.172. The van der Waals surface area contributed by atoms with E-state index in [0.29, 0.717) is 5.17 Å². The summed E-state index contributed by atoms with van der Waals surface area (Å²) in [6.07, 6.45) is 3.00. The number of aromatic amines is 1. The Morgan fingerprint density at radius 2 is 2.29 bits per heavy atom. The van der Waals surface area contributed by atoms with Gasteiger partial charge in [0.25, 0.3) is 0 Å². The van der Waals surface area contributed by atoms with Gasteiger partial charge in [-0.1, -0.05) is 23.9 Å². The molecular weight excluding hydrogens is 230 g/mol. The number of benzene rings is 1. The molecule has 1 aliphatic rings. The first-order valence-electron chi connectivity index (χ1n) is 5.73. The van der Waals surface area contributed by atoms with Crippen molar-refractivity contribution < 1.29 is 0 Å². The standard InChI is InChI=1S/C13H15N3S/c1-13(5-7-17-12(14)16-13)10-3-2-9-4-6-15-11(9)8-10/h2-4,6,8,15H,5,7H2,1H3,(H2,14,16). The zero-order valence-corrected chi connectivity index (χ0v) is 10.6. The molecule has 0 saturated carbocycles. The summed E-state index contributed by atoms with van der Waals surface area (Å²) in [5.41, 5.74) is 8.07. The second-order valence-corrected chi connectivity index (χ2v) is 5.72. The SMILES string of the molecule is CC1(c2ccc3cc[nH]c3c2)CCSC(N)=N1. The first kappa shape index (κ1) is 10.7. The Hall–Kier alpha value is -1.42. The molecule has 1 aromatic heterocycles. The van der Waals surface area contributed by atoms with Crippen molar-refractivity contribution in [2.75, 3.05) is 5.75 Å². The Balaban J connectivity index is 2.10. The number of thioether (sulfide) groups is 1. The van der Waals surface area contributed by atoms with Crippen LogP contribution in [-0.2, 0) is 5.54 Å². The first-order chi connectivity index (χ1) is 8.17. The highest BCUT2D eigenvalue weighted by Gasteiger charge is 2.29. The van der Waals surface area contributed by atoms with Crippen molar-refractivity contribution in [3.05, 3.63) is 36.0 Å². The third-order valence-corrected chi connectivity index (χ3v) is 4.17. The topological polar surface area (TPSA) is 54.2 Å². The van der Waals surface area contributed by atoms with Gasteiger partial charge in [0.05, 0.1) is 5.54 Å². The number of hydrogen-bond acceptors (Lipinski definition) is 3. The molecule has 4 heteroatoms. The fourth-order valence-corrected chi connectivity index (χ4v) is 3.25. The van der Waals surface area contributed by atoms with E-state index >= 15 is 0 Å². The molecule has 88 valence electrons. The van der Waals surface area contributed by atoms with E-state index in [1.165, 1.54) is 10.9 Å². The summed E-state index contributed by atoms with van der Waals surface area (Å²) in [5, 5.41) is 1.94. The third-order valence-electron chi connectivity index (χ3n) is 3.37. The lowest BCUT2D eigenvalue weighted by Crippen LogP contribution is -2.28. The van der Waals surface area contributed by atoms with Crippen molar-refractivity contribution in [1.29, 1.82) is 0 Å². The molecule has 0 radical (unpaired) electrons. The third kappa shape index (κ3) is 1.82. The predicted octanol–water partition coefficient (Wildman–Crippen LogP) is 2.83. The average molecular weight is 245 g/mol. The Bertz CT molecular complexity index is 587. The van der Waals surface area contributed by atoms with E-state index in [-0.39, 0.29) is 5.54 Å². The van der Waals surface area contributed by atoms with Gasteiger partial charge in [-0.3, -0.25) is 4.99 Å². The first-order valence-corrected chi connectivity index (χ1v) is 6.72. The Kier molecular flexibility index (Phi) is 2.40. The van der Waals surface area contributed by atoms with Crippen LogP contribution in [0, 0.1) is 0 Å². The molecule has 3 nitrogen and oxygen atoms in total. The largest absolute Gasteiger partial charge is 0.379 e. The molecule has 2 aromatic rings. The molecule has 0 spiro atoms. The number of fused-ring (bicyclic) bond motifs is 1. The zero-order chi connectivity index (χ0) is 11.9. The zero-order valence-electron chi connectivity index (χ0n) is 9.73. The highest BCUT2D eigenvalue weighted by molar-refractivity contribution is 8.13. The van der Waals surface area contributed by atoms with Gasteiger partial charge in [0.15, 0.2) is 5.17 Å². The summed E-state index contributed by atoms with van der Waals surface area (Å²) in [7, 11) is 0. The predicted molar refractivity (Wildman–Crippen MR) is 74.3 cm³/mol. The fraction of sp³-hybridized carbons (Fsp3) is 0.308. The minimum absolute atomic E-state index is 0.172. The van der Waals surface area contributed by atoms with Crippen LogP contribution < -0.4 is 5.73 Å². The summed E-state index contributed by atoms with van der Waals surface area (Å²) in [6, 6.07) is 8.56. The molecule has 1 aliphatic heterocycles. The normalized spacial score (nSPS) is 24.9. The van der Waals surface area contributed by atoms with Crippen LogP contribution in [0.25, 0.3) is 10.9 Å². The molecule has 3 N–H and O–H groups in total. The van der Waals surface area contributed by atoms with Crippen LogP contribution in [0.2, 0.25) is 0 Å². The molecule has 0 saturated heterocycles. The smallest absolute Gasteiger partial charge is 0.154 e. The molecule has 0 fully saturated rings. The molecule has 2 heterocycles. The maximum absolute atomic E-state index is 5.85. The van der Waals surface area contributed by atoms with Crippen LogP contribution in [-0.4, -0.2) is 15.9 Å². The van der Waals surface area contributed by atoms with E-state index in [0.717, 1.165) is 17.7 Å². The number of nitrogens with one attached hydrogen (secondary N) is 1. The van der Waals surface area contributed by atoms with Gasteiger partial charge in [-0.2, -0.15) is 0 Å². The van der Waals surface area contributed by atoms with Gasteiger partial charge in [0.2, 0.25) is 0 Å². The van der Waals surface area contributed by atoms with Crippen LogP contribution in [0.5, 0.6) is 0 Å². The van der Waals surface area contributed by atoms with Crippen molar-refractivity contribution in [3.63, 3.8) is 0 Å². The number of hydrogen-bond donors (Lipinski definition) is 2. The lowest BCUT2D eigenvalue weighted by Gasteiger charge is -2.29.